The van der Waals surface area contributed by atoms with Gasteiger partial charge in [-0.15, -0.1) is 0 Å². The molecule has 0 bridgehead atoms. The monoisotopic (exact) mass is 323 g/mol. The molecule has 3 rings (SSSR count). The highest BCUT2D eigenvalue weighted by molar-refractivity contribution is 9.10. The van der Waals surface area contributed by atoms with Gasteiger partial charge in [0.25, 0.3) is 0 Å². The van der Waals surface area contributed by atoms with Gasteiger partial charge in [0.2, 0.25) is 0 Å². The number of benzene rings is 1. The molecule has 0 amide bonds. The van der Waals surface area contributed by atoms with Crippen LogP contribution in [0.4, 0.5) is 0 Å². The summed E-state index contributed by atoms with van der Waals surface area (Å²) in [5.41, 5.74) is 3.04. The number of fused-ring (bicyclic) bond motifs is 1. The molecule has 0 spiro atoms. The summed E-state index contributed by atoms with van der Waals surface area (Å²) in [6.07, 6.45) is 6.37. The highest BCUT2D eigenvalue weighted by Gasteiger charge is 2.24. The average Bonchev–Trinajstić information content (AvgIpc) is 2.39. The van der Waals surface area contributed by atoms with Crippen LogP contribution in [0.15, 0.2) is 22.7 Å². The molecule has 1 aliphatic carbocycles. The van der Waals surface area contributed by atoms with E-state index in [1.54, 1.807) is 0 Å². The minimum atomic E-state index is 0.415. The summed E-state index contributed by atoms with van der Waals surface area (Å²) < 4.78 is 6.83. The first kappa shape index (κ1) is 13.6. The molecule has 3 atom stereocenters. The molecule has 1 saturated heterocycles. The zero-order valence-corrected chi connectivity index (χ0v) is 13.1. The van der Waals surface area contributed by atoms with Crippen LogP contribution in [0.3, 0.4) is 0 Å². The quantitative estimate of drug-likeness (QED) is 0.899. The van der Waals surface area contributed by atoms with E-state index in [0.29, 0.717) is 18.2 Å². The Morgan fingerprint density at radius 1 is 1.21 bits per heavy atom. The maximum absolute atomic E-state index is 5.62. The van der Waals surface area contributed by atoms with Crippen molar-refractivity contribution < 1.29 is 4.74 Å². The SMILES string of the molecule is CC1CC(NC2CCc3cc(Br)ccc3C2)CCO1. The van der Waals surface area contributed by atoms with Gasteiger partial charge in [0.05, 0.1) is 6.10 Å². The Kier molecular flexibility index (Phi) is 4.25. The van der Waals surface area contributed by atoms with Gasteiger partial charge in [0.1, 0.15) is 0 Å². The van der Waals surface area contributed by atoms with Crippen LogP contribution in [-0.4, -0.2) is 24.8 Å². The van der Waals surface area contributed by atoms with E-state index in [1.807, 2.05) is 0 Å². The number of aryl methyl sites for hydroxylation is 1. The third kappa shape index (κ3) is 3.39. The second kappa shape index (κ2) is 5.94. The van der Waals surface area contributed by atoms with E-state index in [-0.39, 0.29) is 0 Å². The molecule has 3 heteroatoms. The topological polar surface area (TPSA) is 21.3 Å². The van der Waals surface area contributed by atoms with Crippen molar-refractivity contribution in [3.63, 3.8) is 0 Å². The van der Waals surface area contributed by atoms with Gasteiger partial charge in [0.15, 0.2) is 0 Å². The van der Waals surface area contributed by atoms with Crippen LogP contribution >= 0.6 is 15.9 Å². The smallest absolute Gasteiger partial charge is 0.0561 e. The van der Waals surface area contributed by atoms with Crippen LogP contribution in [0.2, 0.25) is 0 Å². The van der Waals surface area contributed by atoms with Gasteiger partial charge in [-0.05, 0) is 62.3 Å². The van der Waals surface area contributed by atoms with Gasteiger partial charge >= 0.3 is 0 Å². The van der Waals surface area contributed by atoms with Crippen molar-refractivity contribution in [1.29, 1.82) is 0 Å². The van der Waals surface area contributed by atoms with Crippen molar-refractivity contribution in [3.8, 4) is 0 Å². The predicted molar refractivity (Wildman–Crippen MR) is 81.5 cm³/mol. The minimum absolute atomic E-state index is 0.415. The maximum Gasteiger partial charge on any atom is 0.0561 e. The van der Waals surface area contributed by atoms with E-state index in [0.717, 1.165) is 19.4 Å². The first-order valence-corrected chi connectivity index (χ1v) is 8.15. The van der Waals surface area contributed by atoms with Gasteiger partial charge in [0, 0.05) is 23.2 Å². The highest BCUT2D eigenvalue weighted by atomic mass is 79.9. The molecule has 19 heavy (non-hydrogen) atoms. The van der Waals surface area contributed by atoms with Gasteiger partial charge in [-0.1, -0.05) is 22.0 Å². The predicted octanol–water partition coefficient (Wildman–Crippen LogP) is 3.46. The summed E-state index contributed by atoms with van der Waals surface area (Å²) in [5, 5.41) is 3.85. The van der Waals surface area contributed by atoms with E-state index in [4.69, 9.17) is 4.74 Å². The first-order chi connectivity index (χ1) is 9.20. The molecule has 0 aromatic heterocycles. The second-order valence-electron chi connectivity index (χ2n) is 5.92. The van der Waals surface area contributed by atoms with E-state index < -0.39 is 0 Å². The highest BCUT2D eigenvalue weighted by Crippen LogP contribution is 2.26. The molecule has 0 radical (unpaired) electrons. The fraction of sp³-hybridized carbons (Fsp3) is 0.625. The van der Waals surface area contributed by atoms with Crippen molar-refractivity contribution in [2.45, 2.75) is 57.2 Å². The molecule has 104 valence electrons. The molecule has 1 fully saturated rings. The summed E-state index contributed by atoms with van der Waals surface area (Å²) in [4.78, 5) is 0. The van der Waals surface area contributed by atoms with Crippen LogP contribution in [0.1, 0.15) is 37.3 Å². The Balaban J connectivity index is 1.61. The second-order valence-corrected chi connectivity index (χ2v) is 6.84. The average molecular weight is 324 g/mol. The molecular weight excluding hydrogens is 302 g/mol. The Bertz CT molecular complexity index is 448. The molecule has 3 unspecified atom stereocenters. The van der Waals surface area contributed by atoms with Crippen molar-refractivity contribution in [1.82, 2.24) is 5.32 Å². The largest absolute Gasteiger partial charge is 0.378 e. The molecule has 2 aliphatic rings. The number of nitrogens with one attached hydrogen (secondary N) is 1. The minimum Gasteiger partial charge on any atom is -0.378 e. The van der Waals surface area contributed by atoms with Crippen molar-refractivity contribution in [2.24, 2.45) is 0 Å². The van der Waals surface area contributed by atoms with Gasteiger partial charge < -0.3 is 10.1 Å². The zero-order chi connectivity index (χ0) is 13.2. The number of halogens is 1. The molecule has 1 aromatic carbocycles. The lowest BCUT2D eigenvalue weighted by molar-refractivity contribution is 0.0109. The molecule has 1 N–H and O–H groups in total. The number of hydrogen-bond acceptors (Lipinski definition) is 2. The van der Waals surface area contributed by atoms with E-state index in [1.165, 1.54) is 34.9 Å². The van der Waals surface area contributed by atoms with Crippen molar-refractivity contribution in [3.05, 3.63) is 33.8 Å². The standard InChI is InChI=1S/C16H22BrNO/c1-11-8-16(6-7-19-11)18-15-5-3-12-9-14(17)4-2-13(12)10-15/h2,4,9,11,15-16,18H,3,5-8,10H2,1H3. The van der Waals surface area contributed by atoms with Gasteiger partial charge in [-0.25, -0.2) is 0 Å². The summed E-state index contributed by atoms with van der Waals surface area (Å²) in [7, 11) is 0. The molecule has 1 aliphatic heterocycles. The normalized spacial score (nSPS) is 30.9. The van der Waals surface area contributed by atoms with E-state index in [2.05, 4.69) is 46.4 Å². The van der Waals surface area contributed by atoms with Gasteiger partial charge in [-0.2, -0.15) is 0 Å². The maximum atomic E-state index is 5.62. The molecule has 2 nitrogen and oxygen atoms in total. The molecule has 0 saturated carbocycles. The summed E-state index contributed by atoms with van der Waals surface area (Å²) in [6, 6.07) is 8.01. The summed E-state index contributed by atoms with van der Waals surface area (Å²) in [6.45, 7) is 3.09. The lowest BCUT2D eigenvalue weighted by Gasteiger charge is -2.34. The number of hydrogen-bond donors (Lipinski definition) is 1. The number of rotatable bonds is 2. The van der Waals surface area contributed by atoms with E-state index in [9.17, 15) is 0 Å². The Labute approximate surface area is 124 Å². The van der Waals surface area contributed by atoms with Crippen LogP contribution in [0.25, 0.3) is 0 Å². The fourth-order valence-corrected chi connectivity index (χ4v) is 3.76. The molecule has 1 heterocycles. The van der Waals surface area contributed by atoms with Crippen LogP contribution in [0, 0.1) is 0 Å². The Hall–Kier alpha value is -0.380. The third-order valence-corrected chi connectivity index (χ3v) is 4.85. The molecular formula is C16H22BrNO. The lowest BCUT2D eigenvalue weighted by Crippen LogP contribution is -2.45. The van der Waals surface area contributed by atoms with Crippen LogP contribution < -0.4 is 5.32 Å². The zero-order valence-electron chi connectivity index (χ0n) is 11.5. The van der Waals surface area contributed by atoms with Gasteiger partial charge in [-0.3, -0.25) is 0 Å². The Morgan fingerprint density at radius 2 is 2.11 bits per heavy atom. The van der Waals surface area contributed by atoms with Crippen LogP contribution in [-0.2, 0) is 17.6 Å². The fourth-order valence-electron chi connectivity index (χ4n) is 3.35. The van der Waals surface area contributed by atoms with Crippen LogP contribution in [0.5, 0.6) is 0 Å². The van der Waals surface area contributed by atoms with E-state index >= 15 is 0 Å². The van der Waals surface area contributed by atoms with Crippen molar-refractivity contribution >= 4 is 15.9 Å². The first-order valence-electron chi connectivity index (χ1n) is 7.35. The Morgan fingerprint density at radius 3 is 2.95 bits per heavy atom. The van der Waals surface area contributed by atoms with Crippen molar-refractivity contribution in [2.75, 3.05) is 6.61 Å². The summed E-state index contributed by atoms with van der Waals surface area (Å²) in [5.74, 6) is 0. The third-order valence-electron chi connectivity index (χ3n) is 4.35. The lowest BCUT2D eigenvalue weighted by atomic mass is 9.87. The number of ether oxygens (including phenoxy) is 1. The molecule has 1 aromatic rings. The summed E-state index contributed by atoms with van der Waals surface area (Å²) >= 11 is 3.56.